The Morgan fingerprint density at radius 2 is 1.75 bits per heavy atom. The van der Waals surface area contributed by atoms with Crippen molar-refractivity contribution in [2.75, 3.05) is 50.9 Å². The summed E-state index contributed by atoms with van der Waals surface area (Å²) in [5, 5.41) is 0. The molecule has 0 aliphatic carbocycles. The van der Waals surface area contributed by atoms with Crippen molar-refractivity contribution >= 4 is 22.8 Å². The first-order valence-electron chi connectivity index (χ1n) is 10.1. The molecule has 2 aliphatic rings. The summed E-state index contributed by atoms with van der Waals surface area (Å²) in [6.07, 6.45) is 1.17. The van der Waals surface area contributed by atoms with E-state index in [-0.39, 0.29) is 12.5 Å². The second-order valence-electron chi connectivity index (χ2n) is 7.97. The largest absolute Gasteiger partial charge is 0.465 e. The Bertz CT molecular complexity index is 828. The summed E-state index contributed by atoms with van der Waals surface area (Å²) in [6.45, 7) is 8.75. The minimum Gasteiger partial charge on any atom is -0.465 e. The van der Waals surface area contributed by atoms with Crippen LogP contribution in [0.4, 0.5) is 5.82 Å². The number of hydrogen-bond donors (Lipinski definition) is 0. The van der Waals surface area contributed by atoms with E-state index in [2.05, 4.69) is 23.7 Å². The number of carbonyl (C=O) groups is 1. The summed E-state index contributed by atoms with van der Waals surface area (Å²) in [4.78, 5) is 26.2. The summed E-state index contributed by atoms with van der Waals surface area (Å²) in [5.74, 6) is 2.18. The molecule has 0 spiro atoms. The molecule has 2 fully saturated rings. The zero-order valence-corrected chi connectivity index (χ0v) is 16.6. The molecular weight excluding hydrogens is 356 g/mol. The van der Waals surface area contributed by atoms with E-state index >= 15 is 0 Å². The van der Waals surface area contributed by atoms with Crippen LogP contribution in [0.5, 0.6) is 5.88 Å². The van der Waals surface area contributed by atoms with Crippen LogP contribution in [0.15, 0.2) is 24.3 Å². The Morgan fingerprint density at radius 1 is 1.11 bits per heavy atom. The molecule has 7 heteroatoms. The van der Waals surface area contributed by atoms with Gasteiger partial charge >= 0.3 is 0 Å². The molecule has 0 saturated carbocycles. The molecule has 0 bridgehead atoms. The Labute approximate surface area is 165 Å². The molecule has 0 unspecified atom stereocenters. The molecule has 0 radical (unpaired) electrons. The van der Waals surface area contributed by atoms with E-state index in [0.717, 1.165) is 37.2 Å². The van der Waals surface area contributed by atoms with Gasteiger partial charge in [0.05, 0.1) is 24.2 Å². The number of anilines is 1. The Balaban J connectivity index is 1.54. The molecule has 4 rings (SSSR count). The topological polar surface area (TPSA) is 67.8 Å². The molecule has 28 heavy (non-hydrogen) atoms. The van der Waals surface area contributed by atoms with Gasteiger partial charge in [-0.25, -0.2) is 9.97 Å². The lowest BCUT2D eigenvalue weighted by Crippen LogP contribution is -2.44. The van der Waals surface area contributed by atoms with E-state index < -0.39 is 0 Å². The van der Waals surface area contributed by atoms with Gasteiger partial charge in [0, 0.05) is 26.2 Å². The van der Waals surface area contributed by atoms with Crippen LogP contribution in [-0.2, 0) is 9.53 Å². The maximum Gasteiger partial charge on any atom is 0.260 e. The van der Waals surface area contributed by atoms with Gasteiger partial charge in [0.1, 0.15) is 0 Å². The molecule has 0 N–H and O–H groups in total. The maximum atomic E-state index is 12.7. The zero-order valence-electron chi connectivity index (χ0n) is 16.6. The number of carbonyl (C=O) groups excluding carboxylic acids is 1. The van der Waals surface area contributed by atoms with Crippen molar-refractivity contribution in [3.8, 4) is 5.88 Å². The van der Waals surface area contributed by atoms with E-state index in [1.54, 1.807) is 0 Å². The van der Waals surface area contributed by atoms with Crippen LogP contribution in [0, 0.1) is 11.8 Å². The van der Waals surface area contributed by atoms with E-state index in [9.17, 15) is 4.79 Å². The summed E-state index contributed by atoms with van der Waals surface area (Å²) in [5.41, 5.74) is 1.59. The molecule has 2 aromatic rings. The molecule has 2 aliphatic heterocycles. The lowest BCUT2D eigenvalue weighted by molar-refractivity contribution is -0.136. The Kier molecular flexibility index (Phi) is 5.62. The maximum absolute atomic E-state index is 12.7. The first-order chi connectivity index (χ1) is 13.6. The van der Waals surface area contributed by atoms with Crippen LogP contribution in [0.3, 0.4) is 0 Å². The minimum absolute atomic E-state index is 0.0101. The number of hydrogen-bond acceptors (Lipinski definition) is 6. The first kappa shape index (κ1) is 18.9. The normalized spacial score (nSPS) is 23.1. The number of aromatic nitrogens is 2. The van der Waals surface area contributed by atoms with E-state index in [1.807, 2.05) is 29.2 Å². The molecule has 7 nitrogen and oxygen atoms in total. The number of para-hydroxylation sites is 2. The Morgan fingerprint density at radius 3 is 2.43 bits per heavy atom. The van der Waals surface area contributed by atoms with Crippen LogP contribution >= 0.6 is 0 Å². The van der Waals surface area contributed by atoms with Crippen LogP contribution < -0.4 is 9.64 Å². The third-order valence-corrected chi connectivity index (χ3v) is 5.39. The second kappa shape index (κ2) is 8.31. The fourth-order valence-corrected chi connectivity index (χ4v) is 4.14. The van der Waals surface area contributed by atoms with E-state index in [4.69, 9.17) is 14.5 Å². The summed E-state index contributed by atoms with van der Waals surface area (Å²) in [7, 11) is 0. The number of piperidine rings is 1. The first-order valence-corrected chi connectivity index (χ1v) is 10.1. The van der Waals surface area contributed by atoms with Gasteiger partial charge in [0.15, 0.2) is 12.4 Å². The average molecular weight is 384 g/mol. The van der Waals surface area contributed by atoms with Crippen molar-refractivity contribution in [1.82, 2.24) is 14.9 Å². The van der Waals surface area contributed by atoms with Gasteiger partial charge < -0.3 is 19.3 Å². The van der Waals surface area contributed by atoms with Crippen molar-refractivity contribution in [3.63, 3.8) is 0 Å². The average Bonchev–Trinajstić information content (AvgIpc) is 2.71. The highest BCUT2D eigenvalue weighted by Gasteiger charge is 2.26. The van der Waals surface area contributed by atoms with Gasteiger partial charge in [0.2, 0.25) is 0 Å². The molecule has 150 valence electrons. The highest BCUT2D eigenvalue weighted by molar-refractivity contribution is 5.79. The molecular formula is C21H28N4O3. The fraction of sp³-hybridized carbons (Fsp3) is 0.571. The summed E-state index contributed by atoms with van der Waals surface area (Å²) >= 11 is 0. The van der Waals surface area contributed by atoms with Gasteiger partial charge in [0.25, 0.3) is 11.8 Å². The predicted octanol–water partition coefficient (Wildman–Crippen LogP) is 2.35. The number of amides is 1. The summed E-state index contributed by atoms with van der Waals surface area (Å²) in [6, 6.07) is 7.73. The monoisotopic (exact) mass is 384 g/mol. The lowest BCUT2D eigenvalue weighted by atomic mass is 9.92. The number of nitrogens with zero attached hydrogens (tertiary/aromatic N) is 4. The number of fused-ring (bicyclic) bond motifs is 1. The SMILES string of the molecule is C[C@@H]1C[C@H](C)CN(C(=O)COc2nc3ccccc3nc2N2CCOCC2)C1. The third-order valence-electron chi connectivity index (χ3n) is 5.39. The molecule has 1 amide bonds. The predicted molar refractivity (Wildman–Crippen MR) is 108 cm³/mol. The molecule has 2 saturated heterocycles. The standard InChI is InChI=1S/C21H28N4O3/c1-15-11-16(2)13-25(12-15)19(26)14-28-21-20(24-7-9-27-10-8-24)22-17-5-3-4-6-18(17)23-21/h3-6,15-16H,7-14H2,1-2H3/t15-,16+. The highest BCUT2D eigenvalue weighted by Crippen LogP contribution is 2.28. The van der Waals surface area contributed by atoms with Crippen LogP contribution in [0.25, 0.3) is 11.0 Å². The van der Waals surface area contributed by atoms with Crippen molar-refractivity contribution in [3.05, 3.63) is 24.3 Å². The van der Waals surface area contributed by atoms with Crippen LogP contribution in [0.2, 0.25) is 0 Å². The van der Waals surface area contributed by atoms with Crippen molar-refractivity contribution in [2.45, 2.75) is 20.3 Å². The third kappa shape index (κ3) is 4.19. The number of rotatable bonds is 4. The van der Waals surface area contributed by atoms with E-state index in [1.165, 1.54) is 6.42 Å². The number of likely N-dealkylation sites (tertiary alicyclic amines) is 1. The Hall–Kier alpha value is -2.41. The zero-order chi connectivity index (χ0) is 19.5. The van der Waals surface area contributed by atoms with Gasteiger partial charge in [-0.2, -0.15) is 0 Å². The van der Waals surface area contributed by atoms with Crippen LogP contribution in [0.1, 0.15) is 20.3 Å². The molecule has 1 aromatic heterocycles. The number of benzene rings is 1. The van der Waals surface area contributed by atoms with Crippen molar-refractivity contribution in [1.29, 1.82) is 0 Å². The lowest BCUT2D eigenvalue weighted by Gasteiger charge is -2.35. The molecule has 1 aromatic carbocycles. The number of ether oxygens (including phenoxy) is 2. The van der Waals surface area contributed by atoms with Crippen molar-refractivity contribution < 1.29 is 14.3 Å². The van der Waals surface area contributed by atoms with E-state index in [0.29, 0.717) is 36.7 Å². The van der Waals surface area contributed by atoms with Gasteiger partial charge in [-0.05, 0) is 30.4 Å². The second-order valence-corrected chi connectivity index (χ2v) is 7.97. The minimum atomic E-state index is -0.0101. The van der Waals surface area contributed by atoms with Gasteiger partial charge in [-0.3, -0.25) is 4.79 Å². The smallest absolute Gasteiger partial charge is 0.260 e. The molecule has 2 atom stereocenters. The van der Waals surface area contributed by atoms with Gasteiger partial charge in [-0.15, -0.1) is 0 Å². The quantitative estimate of drug-likeness (QED) is 0.806. The van der Waals surface area contributed by atoms with Crippen molar-refractivity contribution in [2.24, 2.45) is 11.8 Å². The summed E-state index contributed by atoms with van der Waals surface area (Å²) < 4.78 is 11.4. The number of morpholine rings is 1. The van der Waals surface area contributed by atoms with Gasteiger partial charge in [-0.1, -0.05) is 26.0 Å². The molecule has 3 heterocycles. The fourth-order valence-electron chi connectivity index (χ4n) is 4.14. The highest BCUT2D eigenvalue weighted by atomic mass is 16.5. The van der Waals surface area contributed by atoms with Crippen LogP contribution in [-0.4, -0.2) is 66.8 Å².